The van der Waals surface area contributed by atoms with Gasteiger partial charge in [-0.05, 0) is 44.9 Å². The molecule has 1 unspecified atom stereocenters. The predicted molar refractivity (Wildman–Crippen MR) is 124 cm³/mol. The Morgan fingerprint density at radius 2 is 1.91 bits per heavy atom. The van der Waals surface area contributed by atoms with E-state index in [2.05, 4.69) is 10.1 Å². The number of hydrogen-bond acceptors (Lipinski definition) is 6. The number of carbonyl (C=O) groups excluding carboxylic acids is 1. The molecule has 1 amide bonds. The van der Waals surface area contributed by atoms with Gasteiger partial charge in [0.05, 0.1) is 17.4 Å². The maximum Gasteiger partial charge on any atom is 0.246 e. The van der Waals surface area contributed by atoms with Gasteiger partial charge in [0.15, 0.2) is 0 Å². The molecule has 174 valence electrons. The molecule has 1 aliphatic rings. The summed E-state index contributed by atoms with van der Waals surface area (Å²) in [5.41, 5.74) is 2.94. The zero-order valence-electron chi connectivity index (χ0n) is 19.1. The maximum atomic E-state index is 13.1. The summed E-state index contributed by atoms with van der Waals surface area (Å²) in [7, 11) is -1.97. The van der Waals surface area contributed by atoms with Crippen molar-refractivity contribution in [1.29, 1.82) is 0 Å². The molecule has 1 fully saturated rings. The van der Waals surface area contributed by atoms with Crippen LogP contribution in [0.3, 0.4) is 0 Å². The van der Waals surface area contributed by atoms with Gasteiger partial charge < -0.3 is 9.42 Å². The zero-order valence-corrected chi connectivity index (χ0v) is 19.9. The van der Waals surface area contributed by atoms with Crippen LogP contribution in [0.25, 0.3) is 11.4 Å². The molecule has 1 aromatic heterocycles. The first-order valence-electron chi connectivity index (χ1n) is 11.0. The van der Waals surface area contributed by atoms with E-state index < -0.39 is 15.9 Å². The fraction of sp³-hybridized carbons (Fsp3) is 0.375. The Bertz CT molecular complexity index is 1240. The molecular formula is C24H28N4O4S. The minimum Gasteiger partial charge on any atom is -0.337 e. The van der Waals surface area contributed by atoms with E-state index >= 15 is 0 Å². The third-order valence-electron chi connectivity index (χ3n) is 5.89. The van der Waals surface area contributed by atoms with E-state index in [0.29, 0.717) is 31.1 Å². The molecule has 9 heteroatoms. The van der Waals surface area contributed by atoms with Crippen LogP contribution >= 0.6 is 0 Å². The van der Waals surface area contributed by atoms with Crippen molar-refractivity contribution < 1.29 is 17.7 Å². The Hall–Kier alpha value is -3.04. The van der Waals surface area contributed by atoms with Crippen LogP contribution in [-0.2, 0) is 21.4 Å². The number of benzene rings is 2. The van der Waals surface area contributed by atoms with Gasteiger partial charge in [-0.25, -0.2) is 8.42 Å². The van der Waals surface area contributed by atoms with Crippen molar-refractivity contribution >= 4 is 15.9 Å². The van der Waals surface area contributed by atoms with Gasteiger partial charge in [0.2, 0.25) is 27.6 Å². The minimum absolute atomic E-state index is 0.130. The van der Waals surface area contributed by atoms with Crippen LogP contribution in [0.4, 0.5) is 0 Å². The molecule has 4 rings (SSSR count). The molecule has 1 atom stereocenters. The highest BCUT2D eigenvalue weighted by molar-refractivity contribution is 7.89. The summed E-state index contributed by atoms with van der Waals surface area (Å²) >= 11 is 0. The quantitative estimate of drug-likeness (QED) is 0.550. The second kappa shape index (κ2) is 9.44. The molecule has 3 aromatic rings. The molecule has 0 N–H and O–H groups in total. The van der Waals surface area contributed by atoms with Gasteiger partial charge in [-0.3, -0.25) is 4.79 Å². The van der Waals surface area contributed by atoms with Gasteiger partial charge in [0.25, 0.3) is 0 Å². The zero-order chi connectivity index (χ0) is 23.6. The van der Waals surface area contributed by atoms with Gasteiger partial charge in [0.1, 0.15) is 0 Å². The van der Waals surface area contributed by atoms with Crippen molar-refractivity contribution in [3.63, 3.8) is 0 Å². The van der Waals surface area contributed by atoms with Crippen LogP contribution < -0.4 is 0 Å². The minimum atomic E-state index is -3.64. The van der Waals surface area contributed by atoms with Gasteiger partial charge in [-0.15, -0.1) is 0 Å². The predicted octanol–water partition coefficient (Wildman–Crippen LogP) is 3.41. The monoisotopic (exact) mass is 468 g/mol. The van der Waals surface area contributed by atoms with Gasteiger partial charge in [-0.1, -0.05) is 46.6 Å². The van der Waals surface area contributed by atoms with Crippen molar-refractivity contribution in [3.8, 4) is 11.4 Å². The first-order chi connectivity index (χ1) is 15.7. The topological polar surface area (TPSA) is 96.6 Å². The standard InChI is InChI=1S/C24H28N4O4S/c1-17-9-11-21(12-10-17)33(30,31)28-13-5-8-20(15-28)24(29)27(3)16-22-25-23(26-32-22)19-7-4-6-18(2)14-19/h4,6-7,9-12,14,20H,5,8,13,15-16H2,1-3H3. The molecule has 1 saturated heterocycles. The van der Waals surface area contributed by atoms with Crippen LogP contribution in [0.1, 0.15) is 29.9 Å². The Balaban J connectivity index is 1.42. The molecule has 0 spiro atoms. The summed E-state index contributed by atoms with van der Waals surface area (Å²) in [6, 6.07) is 14.6. The van der Waals surface area contributed by atoms with Crippen LogP contribution in [0.5, 0.6) is 0 Å². The molecule has 1 aliphatic heterocycles. The van der Waals surface area contributed by atoms with E-state index in [4.69, 9.17) is 4.52 Å². The molecule has 0 bridgehead atoms. The number of nitrogens with zero attached hydrogens (tertiary/aromatic N) is 4. The van der Waals surface area contributed by atoms with Crippen LogP contribution in [0, 0.1) is 19.8 Å². The summed E-state index contributed by atoms with van der Waals surface area (Å²) in [4.78, 5) is 19.3. The van der Waals surface area contributed by atoms with Crippen molar-refractivity contribution in [3.05, 3.63) is 65.5 Å². The Morgan fingerprint density at radius 1 is 1.15 bits per heavy atom. The number of rotatable bonds is 6. The lowest BCUT2D eigenvalue weighted by molar-refractivity contribution is -0.136. The maximum absolute atomic E-state index is 13.1. The number of hydrogen-bond donors (Lipinski definition) is 0. The van der Waals surface area contributed by atoms with E-state index in [1.807, 2.05) is 38.1 Å². The Morgan fingerprint density at radius 3 is 2.64 bits per heavy atom. The fourth-order valence-electron chi connectivity index (χ4n) is 4.03. The molecule has 33 heavy (non-hydrogen) atoms. The van der Waals surface area contributed by atoms with Crippen LogP contribution in [0.2, 0.25) is 0 Å². The molecule has 0 aliphatic carbocycles. The van der Waals surface area contributed by atoms with Crippen molar-refractivity contribution in [2.45, 2.75) is 38.1 Å². The SMILES string of the molecule is Cc1ccc(S(=O)(=O)N2CCCC(C(=O)N(C)Cc3nc(-c4cccc(C)c4)no3)C2)cc1. The summed E-state index contributed by atoms with van der Waals surface area (Å²) in [5, 5.41) is 4.02. The molecule has 0 radical (unpaired) electrons. The number of carbonyl (C=O) groups is 1. The summed E-state index contributed by atoms with van der Waals surface area (Å²) in [6.45, 7) is 4.64. The largest absolute Gasteiger partial charge is 0.337 e. The highest BCUT2D eigenvalue weighted by Gasteiger charge is 2.34. The van der Waals surface area contributed by atoms with Gasteiger partial charge in [-0.2, -0.15) is 9.29 Å². The van der Waals surface area contributed by atoms with E-state index in [9.17, 15) is 13.2 Å². The molecule has 0 saturated carbocycles. The average molecular weight is 469 g/mol. The van der Waals surface area contributed by atoms with Crippen LogP contribution in [0.15, 0.2) is 57.9 Å². The number of sulfonamides is 1. The lowest BCUT2D eigenvalue weighted by atomic mass is 9.98. The third-order valence-corrected chi connectivity index (χ3v) is 7.76. The molecule has 2 aromatic carbocycles. The number of amides is 1. The number of aryl methyl sites for hydroxylation is 2. The van der Waals surface area contributed by atoms with Crippen molar-refractivity contribution in [1.82, 2.24) is 19.3 Å². The van der Waals surface area contributed by atoms with Gasteiger partial charge >= 0.3 is 0 Å². The lowest BCUT2D eigenvalue weighted by Crippen LogP contribution is -2.45. The second-order valence-electron chi connectivity index (χ2n) is 8.59. The Labute approximate surface area is 194 Å². The summed E-state index contributed by atoms with van der Waals surface area (Å²) in [6.07, 6.45) is 1.27. The molecule has 2 heterocycles. The summed E-state index contributed by atoms with van der Waals surface area (Å²) < 4.78 is 32.9. The van der Waals surface area contributed by atoms with E-state index in [-0.39, 0.29) is 23.9 Å². The average Bonchev–Trinajstić information content (AvgIpc) is 3.27. The van der Waals surface area contributed by atoms with Crippen LogP contribution in [-0.4, -0.2) is 53.8 Å². The van der Waals surface area contributed by atoms with E-state index in [0.717, 1.165) is 16.7 Å². The van der Waals surface area contributed by atoms with Crippen molar-refractivity contribution in [2.75, 3.05) is 20.1 Å². The number of piperidine rings is 1. The highest BCUT2D eigenvalue weighted by Crippen LogP contribution is 2.25. The second-order valence-corrected chi connectivity index (χ2v) is 10.5. The molecular weight excluding hydrogens is 440 g/mol. The third kappa shape index (κ3) is 5.15. The first-order valence-corrected chi connectivity index (χ1v) is 12.4. The fourth-order valence-corrected chi connectivity index (χ4v) is 5.56. The van der Waals surface area contributed by atoms with Gasteiger partial charge in [0, 0.05) is 25.7 Å². The van der Waals surface area contributed by atoms with E-state index in [1.165, 1.54) is 9.21 Å². The smallest absolute Gasteiger partial charge is 0.246 e. The number of aromatic nitrogens is 2. The Kier molecular flexibility index (Phi) is 6.62. The normalized spacial score (nSPS) is 17.1. The first kappa shape index (κ1) is 23.1. The highest BCUT2D eigenvalue weighted by atomic mass is 32.2. The summed E-state index contributed by atoms with van der Waals surface area (Å²) in [5.74, 6) is 0.266. The van der Waals surface area contributed by atoms with E-state index in [1.54, 1.807) is 31.3 Å². The lowest BCUT2D eigenvalue weighted by Gasteiger charge is -2.33. The molecule has 8 nitrogen and oxygen atoms in total. The van der Waals surface area contributed by atoms with Crippen molar-refractivity contribution in [2.24, 2.45) is 5.92 Å².